The lowest BCUT2D eigenvalue weighted by atomic mass is 10.2. The fourth-order valence-corrected chi connectivity index (χ4v) is 2.06. The SMILES string of the molecule is C[C@@H]1C[C@@H](NS(=O)(=O)C(F)(F)F)CN1. The molecule has 0 spiro atoms. The molecule has 4 nitrogen and oxygen atoms in total. The lowest BCUT2D eigenvalue weighted by Gasteiger charge is -2.13. The molecule has 0 aromatic rings. The number of halogens is 3. The number of hydrogen-bond acceptors (Lipinski definition) is 3. The van der Waals surface area contributed by atoms with Gasteiger partial charge in [-0.05, 0) is 13.3 Å². The van der Waals surface area contributed by atoms with Crippen LogP contribution in [0.2, 0.25) is 0 Å². The Labute approximate surface area is 79.9 Å². The first-order chi connectivity index (χ1) is 6.22. The van der Waals surface area contributed by atoms with Crippen LogP contribution >= 0.6 is 0 Å². The van der Waals surface area contributed by atoms with Crippen LogP contribution in [-0.4, -0.2) is 32.6 Å². The molecule has 1 fully saturated rings. The molecule has 0 aromatic carbocycles. The van der Waals surface area contributed by atoms with Gasteiger partial charge in [0.05, 0.1) is 0 Å². The molecular weight excluding hydrogens is 221 g/mol. The molecule has 84 valence electrons. The van der Waals surface area contributed by atoms with Crippen molar-refractivity contribution in [2.75, 3.05) is 6.54 Å². The summed E-state index contributed by atoms with van der Waals surface area (Å²) in [6, 6.07) is -0.632. The highest BCUT2D eigenvalue weighted by Gasteiger charge is 2.47. The van der Waals surface area contributed by atoms with Crippen LogP contribution in [0.5, 0.6) is 0 Å². The Bertz CT molecular complexity index is 301. The molecule has 2 N–H and O–H groups in total. The van der Waals surface area contributed by atoms with Gasteiger partial charge in [0.2, 0.25) is 0 Å². The highest BCUT2D eigenvalue weighted by Crippen LogP contribution is 2.22. The molecule has 0 saturated carbocycles. The van der Waals surface area contributed by atoms with Gasteiger partial charge in [-0.3, -0.25) is 0 Å². The molecule has 1 heterocycles. The summed E-state index contributed by atoms with van der Waals surface area (Å²) < 4.78 is 58.7. The van der Waals surface area contributed by atoms with Crippen LogP contribution in [0.25, 0.3) is 0 Å². The Morgan fingerprint density at radius 3 is 2.36 bits per heavy atom. The zero-order valence-corrected chi connectivity index (χ0v) is 8.24. The fraction of sp³-hybridized carbons (Fsp3) is 1.00. The van der Waals surface area contributed by atoms with Crippen LogP contribution in [0, 0.1) is 0 Å². The van der Waals surface area contributed by atoms with Gasteiger partial charge in [-0.15, -0.1) is 0 Å². The lowest BCUT2D eigenvalue weighted by Crippen LogP contribution is -2.43. The monoisotopic (exact) mass is 232 g/mol. The van der Waals surface area contributed by atoms with Crippen LogP contribution < -0.4 is 10.0 Å². The second-order valence-corrected chi connectivity index (χ2v) is 5.01. The first-order valence-corrected chi connectivity index (χ1v) is 5.52. The van der Waals surface area contributed by atoms with E-state index < -0.39 is 21.6 Å². The second-order valence-electron chi connectivity index (χ2n) is 3.31. The smallest absolute Gasteiger partial charge is 0.313 e. The molecule has 1 aliphatic rings. The molecule has 1 rings (SSSR count). The molecule has 0 unspecified atom stereocenters. The molecule has 1 saturated heterocycles. The van der Waals surface area contributed by atoms with Crippen molar-refractivity contribution in [1.82, 2.24) is 10.0 Å². The van der Waals surface area contributed by atoms with Gasteiger partial charge in [0.1, 0.15) is 0 Å². The molecular formula is C6H11F3N2O2S. The van der Waals surface area contributed by atoms with E-state index in [9.17, 15) is 21.6 Å². The molecule has 14 heavy (non-hydrogen) atoms. The number of sulfonamides is 1. The predicted octanol–water partition coefficient (Wildman–Crippen LogP) is 0.176. The Balaban J connectivity index is 2.61. The topological polar surface area (TPSA) is 58.2 Å². The summed E-state index contributed by atoms with van der Waals surface area (Å²) in [7, 11) is -5.19. The summed E-state index contributed by atoms with van der Waals surface area (Å²) in [5.74, 6) is 0. The van der Waals surface area contributed by atoms with Gasteiger partial charge < -0.3 is 5.32 Å². The van der Waals surface area contributed by atoms with Crippen molar-refractivity contribution in [3.05, 3.63) is 0 Å². The molecule has 0 aromatic heterocycles. The van der Waals surface area contributed by atoms with Crippen LogP contribution in [-0.2, 0) is 10.0 Å². The molecule has 0 aliphatic carbocycles. The average molecular weight is 232 g/mol. The van der Waals surface area contributed by atoms with E-state index in [0.29, 0.717) is 6.42 Å². The second kappa shape index (κ2) is 3.67. The Morgan fingerprint density at radius 1 is 1.43 bits per heavy atom. The minimum absolute atomic E-state index is 0.0379. The van der Waals surface area contributed by atoms with Crippen molar-refractivity contribution < 1.29 is 21.6 Å². The summed E-state index contributed by atoms with van der Waals surface area (Å²) in [6.45, 7) is 2.01. The van der Waals surface area contributed by atoms with Crippen LogP contribution in [0.3, 0.4) is 0 Å². The summed E-state index contributed by atoms with van der Waals surface area (Å²) in [5.41, 5.74) is -5.22. The lowest BCUT2D eigenvalue weighted by molar-refractivity contribution is -0.0450. The zero-order chi connectivity index (χ0) is 11.0. The minimum Gasteiger partial charge on any atom is -0.313 e. The largest absolute Gasteiger partial charge is 0.511 e. The normalized spacial score (nSPS) is 29.4. The van der Waals surface area contributed by atoms with E-state index in [1.54, 1.807) is 11.6 Å². The third kappa shape index (κ3) is 2.58. The summed E-state index contributed by atoms with van der Waals surface area (Å²) in [5, 5.41) is 2.85. The number of rotatable bonds is 2. The first kappa shape index (κ1) is 11.7. The van der Waals surface area contributed by atoms with Crippen LogP contribution in [0.4, 0.5) is 13.2 Å². The number of hydrogen-bond donors (Lipinski definition) is 2. The van der Waals surface area contributed by atoms with E-state index in [1.807, 2.05) is 0 Å². The van der Waals surface area contributed by atoms with E-state index in [4.69, 9.17) is 0 Å². The maximum absolute atomic E-state index is 11.9. The van der Waals surface area contributed by atoms with Crippen molar-refractivity contribution in [3.8, 4) is 0 Å². The summed E-state index contributed by atoms with van der Waals surface area (Å²) >= 11 is 0. The quantitative estimate of drug-likeness (QED) is 0.714. The molecule has 2 atom stereocenters. The maximum Gasteiger partial charge on any atom is 0.511 e. The van der Waals surface area contributed by atoms with Gasteiger partial charge in [-0.25, -0.2) is 13.1 Å². The van der Waals surface area contributed by atoms with E-state index in [1.165, 1.54) is 0 Å². The third-order valence-electron chi connectivity index (χ3n) is 1.98. The average Bonchev–Trinajstić information content (AvgIpc) is 2.31. The molecule has 0 radical (unpaired) electrons. The zero-order valence-electron chi connectivity index (χ0n) is 7.43. The minimum atomic E-state index is -5.22. The summed E-state index contributed by atoms with van der Waals surface area (Å²) in [6.07, 6.45) is 0.370. The third-order valence-corrected chi connectivity index (χ3v) is 3.23. The van der Waals surface area contributed by atoms with Gasteiger partial charge in [0.25, 0.3) is 0 Å². The number of alkyl halides is 3. The Kier molecular flexibility index (Phi) is 3.07. The van der Waals surface area contributed by atoms with E-state index >= 15 is 0 Å². The van der Waals surface area contributed by atoms with Gasteiger partial charge in [0, 0.05) is 18.6 Å². The van der Waals surface area contributed by atoms with E-state index in [-0.39, 0.29) is 12.6 Å². The van der Waals surface area contributed by atoms with Crippen molar-refractivity contribution in [2.45, 2.75) is 30.9 Å². The van der Waals surface area contributed by atoms with Crippen molar-refractivity contribution in [2.24, 2.45) is 0 Å². The Hall–Kier alpha value is -0.340. The van der Waals surface area contributed by atoms with Crippen molar-refractivity contribution >= 4 is 10.0 Å². The first-order valence-electron chi connectivity index (χ1n) is 4.04. The highest BCUT2D eigenvalue weighted by molar-refractivity contribution is 7.90. The summed E-state index contributed by atoms with van der Waals surface area (Å²) in [4.78, 5) is 0. The molecule has 1 aliphatic heterocycles. The standard InChI is InChI=1S/C6H11F3N2O2S/c1-4-2-5(3-10-4)11-14(12,13)6(7,8)9/h4-5,10-11H,2-3H2,1H3/t4-,5-/m1/s1. The van der Waals surface area contributed by atoms with E-state index in [0.717, 1.165) is 0 Å². The maximum atomic E-state index is 11.9. The van der Waals surface area contributed by atoms with Gasteiger partial charge in [-0.2, -0.15) is 13.2 Å². The molecule has 8 heteroatoms. The highest BCUT2D eigenvalue weighted by atomic mass is 32.2. The van der Waals surface area contributed by atoms with Crippen molar-refractivity contribution in [1.29, 1.82) is 0 Å². The molecule has 0 amide bonds. The van der Waals surface area contributed by atoms with Gasteiger partial charge in [0.15, 0.2) is 0 Å². The van der Waals surface area contributed by atoms with Gasteiger partial charge >= 0.3 is 15.5 Å². The van der Waals surface area contributed by atoms with Crippen LogP contribution in [0.15, 0.2) is 0 Å². The van der Waals surface area contributed by atoms with Crippen LogP contribution in [0.1, 0.15) is 13.3 Å². The molecule has 0 bridgehead atoms. The predicted molar refractivity (Wildman–Crippen MR) is 44.0 cm³/mol. The van der Waals surface area contributed by atoms with Gasteiger partial charge in [-0.1, -0.05) is 0 Å². The number of nitrogens with one attached hydrogen (secondary N) is 2. The van der Waals surface area contributed by atoms with Crippen molar-refractivity contribution in [3.63, 3.8) is 0 Å². The van der Waals surface area contributed by atoms with E-state index in [2.05, 4.69) is 5.32 Å². The Morgan fingerprint density at radius 2 is 2.00 bits per heavy atom. The fourth-order valence-electron chi connectivity index (χ4n) is 1.31.